The lowest BCUT2D eigenvalue weighted by molar-refractivity contribution is -0.614. The first kappa shape index (κ1) is 12.0. The molecule has 19 heavy (non-hydrogen) atoms. The maximum Gasteiger partial charge on any atom is 0.261 e. The first-order valence-corrected chi connectivity index (χ1v) is 6.28. The molecule has 1 aliphatic rings. The predicted octanol–water partition coefficient (Wildman–Crippen LogP) is 2.13. The van der Waals surface area contributed by atoms with E-state index < -0.39 is 0 Å². The first-order chi connectivity index (χ1) is 9.16. The summed E-state index contributed by atoms with van der Waals surface area (Å²) in [5, 5.41) is 12.3. The topological polar surface area (TPSA) is 47.2 Å². The fourth-order valence-corrected chi connectivity index (χ4v) is 2.45. The van der Waals surface area contributed by atoms with E-state index in [4.69, 9.17) is 11.6 Å². The number of pyridine rings is 1. The average molecular weight is 275 g/mol. The zero-order chi connectivity index (χ0) is 13.4. The van der Waals surface area contributed by atoms with E-state index >= 15 is 0 Å². The Hall–Kier alpha value is -2.07. The fraction of sp³-hybridized carbons (Fsp3) is 0.143. The van der Waals surface area contributed by atoms with Crippen molar-refractivity contribution in [3.05, 3.63) is 69.6 Å². The summed E-state index contributed by atoms with van der Waals surface area (Å²) in [6, 6.07) is 10.7. The summed E-state index contributed by atoms with van der Waals surface area (Å²) in [4.78, 5) is 13.8. The van der Waals surface area contributed by atoms with Crippen LogP contribution in [0.5, 0.6) is 0 Å². The highest BCUT2D eigenvalue weighted by Gasteiger charge is 2.33. The minimum atomic E-state index is -0.125. The van der Waals surface area contributed by atoms with E-state index in [2.05, 4.69) is 0 Å². The summed E-state index contributed by atoms with van der Waals surface area (Å²) in [6.07, 6.45) is 1.41. The third-order valence-corrected chi connectivity index (χ3v) is 3.61. The molecule has 3 rings (SSSR count). The highest BCUT2D eigenvalue weighted by molar-refractivity contribution is 6.31. The van der Waals surface area contributed by atoms with Gasteiger partial charge in [-0.1, -0.05) is 29.8 Å². The Morgan fingerprint density at radius 3 is 2.79 bits per heavy atom. The molecule has 96 valence electrons. The van der Waals surface area contributed by atoms with Crippen LogP contribution in [0.3, 0.4) is 0 Å². The molecule has 1 aliphatic heterocycles. The number of carbonyl (C=O) groups is 1. The number of amides is 1. The third-order valence-electron chi connectivity index (χ3n) is 3.24. The molecule has 2 aromatic rings. The molecule has 0 N–H and O–H groups in total. The summed E-state index contributed by atoms with van der Waals surface area (Å²) in [5.41, 5.74) is 1.85. The lowest BCUT2D eigenvalue weighted by atomic mass is 10.2. The molecule has 1 aromatic carbocycles. The normalized spacial score (nSPS) is 13.7. The molecule has 0 atom stereocenters. The number of aromatic nitrogens is 1. The highest BCUT2D eigenvalue weighted by atomic mass is 35.5. The quantitative estimate of drug-likeness (QED) is 0.622. The second-order valence-electron chi connectivity index (χ2n) is 4.45. The van der Waals surface area contributed by atoms with Gasteiger partial charge in [-0.3, -0.25) is 4.79 Å². The van der Waals surface area contributed by atoms with E-state index in [1.807, 2.05) is 18.2 Å². The Morgan fingerprint density at radius 2 is 2.05 bits per heavy atom. The van der Waals surface area contributed by atoms with E-state index in [-0.39, 0.29) is 5.91 Å². The Bertz CT molecular complexity index is 658. The summed E-state index contributed by atoms with van der Waals surface area (Å²) < 4.78 is 0.750. The summed E-state index contributed by atoms with van der Waals surface area (Å²) in [5.74, 6) is -0.125. The SMILES string of the molecule is O=C1c2ccc[n+]([O-])c2CN1Cc1ccccc1Cl. The number of halogens is 1. The van der Waals surface area contributed by atoms with Gasteiger partial charge in [0.1, 0.15) is 12.1 Å². The maximum atomic E-state index is 12.2. The molecule has 0 bridgehead atoms. The molecule has 0 spiro atoms. The summed E-state index contributed by atoms with van der Waals surface area (Å²) in [6.45, 7) is 0.733. The van der Waals surface area contributed by atoms with E-state index in [1.165, 1.54) is 6.20 Å². The third kappa shape index (κ3) is 2.04. The van der Waals surface area contributed by atoms with Gasteiger partial charge >= 0.3 is 0 Å². The van der Waals surface area contributed by atoms with Gasteiger partial charge in [-0.05, 0) is 17.7 Å². The predicted molar refractivity (Wildman–Crippen MR) is 70.4 cm³/mol. The van der Waals surface area contributed by atoms with Gasteiger partial charge < -0.3 is 10.1 Å². The van der Waals surface area contributed by atoms with Crippen molar-refractivity contribution in [2.45, 2.75) is 13.1 Å². The van der Waals surface area contributed by atoms with E-state index in [0.29, 0.717) is 29.4 Å². The van der Waals surface area contributed by atoms with Gasteiger partial charge in [-0.2, -0.15) is 4.73 Å². The minimum Gasteiger partial charge on any atom is -0.618 e. The van der Waals surface area contributed by atoms with Crippen molar-refractivity contribution in [3.63, 3.8) is 0 Å². The van der Waals surface area contributed by atoms with Crippen LogP contribution in [0.2, 0.25) is 5.02 Å². The minimum absolute atomic E-state index is 0.125. The highest BCUT2D eigenvalue weighted by Crippen LogP contribution is 2.24. The molecule has 2 heterocycles. The monoisotopic (exact) mass is 274 g/mol. The van der Waals surface area contributed by atoms with Gasteiger partial charge in [-0.15, -0.1) is 0 Å². The van der Waals surface area contributed by atoms with Crippen LogP contribution < -0.4 is 4.73 Å². The maximum absolute atomic E-state index is 12.2. The molecule has 0 aliphatic carbocycles. The van der Waals surface area contributed by atoms with E-state index in [9.17, 15) is 10.0 Å². The smallest absolute Gasteiger partial charge is 0.261 e. The van der Waals surface area contributed by atoms with Crippen LogP contribution in [0.4, 0.5) is 0 Å². The summed E-state index contributed by atoms with van der Waals surface area (Å²) >= 11 is 6.09. The number of fused-ring (bicyclic) bond motifs is 1. The number of hydrogen-bond donors (Lipinski definition) is 0. The average Bonchev–Trinajstić information content (AvgIpc) is 2.72. The van der Waals surface area contributed by atoms with Gasteiger partial charge in [0.15, 0.2) is 6.20 Å². The molecule has 0 unspecified atom stereocenters. The van der Waals surface area contributed by atoms with Crippen LogP contribution in [0, 0.1) is 5.21 Å². The lowest BCUT2D eigenvalue weighted by Gasteiger charge is -2.15. The van der Waals surface area contributed by atoms with Crippen molar-refractivity contribution < 1.29 is 9.52 Å². The zero-order valence-corrected chi connectivity index (χ0v) is 10.8. The van der Waals surface area contributed by atoms with Crippen molar-refractivity contribution in [3.8, 4) is 0 Å². The zero-order valence-electron chi connectivity index (χ0n) is 10.0. The lowest BCUT2D eigenvalue weighted by Crippen LogP contribution is -2.31. The fourth-order valence-electron chi connectivity index (χ4n) is 2.25. The molecular weight excluding hydrogens is 264 g/mol. The van der Waals surface area contributed by atoms with Crippen LogP contribution in [0.1, 0.15) is 21.6 Å². The van der Waals surface area contributed by atoms with Crippen molar-refractivity contribution in [1.29, 1.82) is 0 Å². The largest absolute Gasteiger partial charge is 0.618 e. The Labute approximate surface area is 115 Å². The van der Waals surface area contributed by atoms with Crippen molar-refractivity contribution in [2.24, 2.45) is 0 Å². The molecule has 0 radical (unpaired) electrons. The standard InChI is InChI=1S/C14H11ClN2O2/c15-12-6-2-1-4-10(12)8-16-9-13-11(14(16)18)5-3-7-17(13)19/h1-7H,8-9H2. The number of rotatable bonds is 2. The molecule has 0 fully saturated rings. The molecule has 1 amide bonds. The van der Waals surface area contributed by atoms with Crippen LogP contribution >= 0.6 is 11.6 Å². The number of benzene rings is 1. The molecular formula is C14H11ClN2O2. The summed E-state index contributed by atoms with van der Waals surface area (Å²) in [7, 11) is 0. The Balaban J connectivity index is 1.89. The molecule has 4 nitrogen and oxygen atoms in total. The second kappa shape index (κ2) is 4.55. The van der Waals surface area contributed by atoms with E-state index in [1.54, 1.807) is 23.1 Å². The molecule has 0 saturated heterocycles. The van der Waals surface area contributed by atoms with Crippen molar-refractivity contribution >= 4 is 17.5 Å². The number of nitrogens with zero attached hydrogens (tertiary/aromatic N) is 2. The van der Waals surface area contributed by atoms with Crippen molar-refractivity contribution in [2.75, 3.05) is 0 Å². The van der Waals surface area contributed by atoms with Crippen LogP contribution in [0.25, 0.3) is 0 Å². The van der Waals surface area contributed by atoms with Gasteiger partial charge in [-0.25, -0.2) is 0 Å². The van der Waals surface area contributed by atoms with Crippen LogP contribution in [-0.2, 0) is 13.1 Å². The molecule has 5 heteroatoms. The van der Waals surface area contributed by atoms with Gasteiger partial charge in [0.05, 0.1) is 0 Å². The Kier molecular flexibility index (Phi) is 2.87. The second-order valence-corrected chi connectivity index (χ2v) is 4.85. The van der Waals surface area contributed by atoms with Crippen LogP contribution in [0.15, 0.2) is 42.6 Å². The van der Waals surface area contributed by atoms with Gasteiger partial charge in [0.25, 0.3) is 5.91 Å². The van der Waals surface area contributed by atoms with E-state index in [0.717, 1.165) is 10.3 Å². The first-order valence-electron chi connectivity index (χ1n) is 5.90. The Morgan fingerprint density at radius 1 is 1.26 bits per heavy atom. The molecule has 1 aromatic heterocycles. The van der Waals surface area contributed by atoms with Crippen LogP contribution in [-0.4, -0.2) is 10.8 Å². The van der Waals surface area contributed by atoms with Crippen molar-refractivity contribution in [1.82, 2.24) is 4.90 Å². The van der Waals surface area contributed by atoms with Gasteiger partial charge in [0, 0.05) is 17.6 Å². The number of hydrogen-bond acceptors (Lipinski definition) is 2. The molecule has 0 saturated carbocycles. The van der Waals surface area contributed by atoms with Gasteiger partial charge in [0.2, 0.25) is 5.69 Å². The number of carbonyl (C=O) groups excluding carboxylic acids is 1.